The van der Waals surface area contributed by atoms with Crippen molar-refractivity contribution in [1.29, 1.82) is 0 Å². The van der Waals surface area contributed by atoms with Crippen LogP contribution in [0.15, 0.2) is 48.5 Å². The molecule has 0 unspecified atom stereocenters. The van der Waals surface area contributed by atoms with Crippen molar-refractivity contribution in [2.75, 3.05) is 14.2 Å². The zero-order valence-corrected chi connectivity index (χ0v) is 11.3. The van der Waals surface area contributed by atoms with E-state index in [0.29, 0.717) is 11.3 Å². The molecule has 0 radical (unpaired) electrons. The van der Waals surface area contributed by atoms with Gasteiger partial charge in [-0.1, -0.05) is 30.3 Å². The molecule has 20 heavy (non-hydrogen) atoms. The molecule has 0 spiro atoms. The minimum absolute atomic E-state index is 0.224. The van der Waals surface area contributed by atoms with Crippen LogP contribution < -0.4 is 4.74 Å². The van der Waals surface area contributed by atoms with Gasteiger partial charge in [0.25, 0.3) is 0 Å². The van der Waals surface area contributed by atoms with Crippen LogP contribution in [0, 0.1) is 0 Å². The van der Waals surface area contributed by atoms with E-state index in [-0.39, 0.29) is 16.9 Å². The molecule has 0 aromatic heterocycles. The fourth-order valence-corrected chi connectivity index (χ4v) is 1.87. The molecule has 102 valence electrons. The van der Waals surface area contributed by atoms with E-state index in [2.05, 4.69) is 0 Å². The fraction of sp³-hybridized carbons (Fsp3) is 0.125. The van der Waals surface area contributed by atoms with Crippen molar-refractivity contribution in [3.63, 3.8) is 0 Å². The van der Waals surface area contributed by atoms with E-state index in [9.17, 15) is 9.59 Å². The molecule has 0 saturated heterocycles. The monoisotopic (exact) mass is 270 g/mol. The minimum Gasteiger partial charge on any atom is -0.497 e. The molecular weight excluding hydrogens is 256 g/mol. The highest BCUT2D eigenvalue weighted by Gasteiger charge is 2.19. The van der Waals surface area contributed by atoms with Gasteiger partial charge >= 0.3 is 5.97 Å². The second kappa shape index (κ2) is 6.02. The van der Waals surface area contributed by atoms with E-state index >= 15 is 0 Å². The summed E-state index contributed by atoms with van der Waals surface area (Å²) in [5, 5.41) is 0. The van der Waals surface area contributed by atoms with E-state index < -0.39 is 5.97 Å². The van der Waals surface area contributed by atoms with Crippen LogP contribution in [0.4, 0.5) is 0 Å². The summed E-state index contributed by atoms with van der Waals surface area (Å²) in [6.07, 6.45) is 0. The average Bonchev–Trinajstić information content (AvgIpc) is 2.53. The topological polar surface area (TPSA) is 52.6 Å². The molecule has 2 aromatic carbocycles. The van der Waals surface area contributed by atoms with Crippen LogP contribution in [0.2, 0.25) is 0 Å². The zero-order valence-electron chi connectivity index (χ0n) is 11.3. The van der Waals surface area contributed by atoms with Gasteiger partial charge in [0.05, 0.1) is 19.8 Å². The molecule has 2 aromatic rings. The first-order chi connectivity index (χ1) is 9.67. The first kappa shape index (κ1) is 13.8. The minimum atomic E-state index is -0.549. The predicted octanol–water partition coefficient (Wildman–Crippen LogP) is 2.71. The standard InChI is InChI=1S/C16H14O4/c1-19-12-8-9-13(16(18)20-2)14(10-12)15(17)11-6-4-3-5-7-11/h3-10H,1-2H3. The molecule has 0 bridgehead atoms. The Morgan fingerprint density at radius 3 is 2.20 bits per heavy atom. The van der Waals surface area contributed by atoms with Crippen molar-refractivity contribution in [3.05, 3.63) is 65.2 Å². The van der Waals surface area contributed by atoms with E-state index in [1.54, 1.807) is 36.4 Å². The number of rotatable bonds is 4. The van der Waals surface area contributed by atoms with Gasteiger partial charge in [0.1, 0.15) is 5.75 Å². The number of hydrogen-bond acceptors (Lipinski definition) is 4. The van der Waals surface area contributed by atoms with Crippen LogP contribution in [0.3, 0.4) is 0 Å². The van der Waals surface area contributed by atoms with Gasteiger partial charge < -0.3 is 9.47 Å². The van der Waals surface area contributed by atoms with Gasteiger partial charge in [0, 0.05) is 11.1 Å². The molecule has 4 heteroatoms. The molecule has 0 aliphatic heterocycles. The Bertz CT molecular complexity index is 632. The highest BCUT2D eigenvalue weighted by molar-refractivity contribution is 6.14. The Morgan fingerprint density at radius 2 is 1.60 bits per heavy atom. The van der Waals surface area contributed by atoms with E-state index in [0.717, 1.165) is 0 Å². The first-order valence-electron chi connectivity index (χ1n) is 6.03. The molecule has 0 aliphatic rings. The molecule has 0 fully saturated rings. The third-order valence-electron chi connectivity index (χ3n) is 2.91. The molecule has 0 amide bonds. The molecule has 0 N–H and O–H groups in total. The first-order valence-corrected chi connectivity index (χ1v) is 6.03. The number of hydrogen-bond donors (Lipinski definition) is 0. The highest BCUT2D eigenvalue weighted by Crippen LogP contribution is 2.21. The summed E-state index contributed by atoms with van der Waals surface area (Å²) < 4.78 is 9.81. The number of ether oxygens (including phenoxy) is 2. The van der Waals surface area contributed by atoms with Crippen molar-refractivity contribution in [2.45, 2.75) is 0 Å². The second-order valence-electron chi connectivity index (χ2n) is 4.10. The maximum absolute atomic E-state index is 12.5. The summed E-state index contributed by atoms with van der Waals surface area (Å²) in [5.74, 6) is -0.284. The fourth-order valence-electron chi connectivity index (χ4n) is 1.87. The van der Waals surface area contributed by atoms with Gasteiger partial charge in [-0.15, -0.1) is 0 Å². The lowest BCUT2D eigenvalue weighted by Crippen LogP contribution is -2.11. The largest absolute Gasteiger partial charge is 0.497 e. The van der Waals surface area contributed by atoms with Crippen molar-refractivity contribution in [2.24, 2.45) is 0 Å². The third-order valence-corrected chi connectivity index (χ3v) is 2.91. The van der Waals surface area contributed by atoms with Crippen LogP contribution in [0.25, 0.3) is 0 Å². The predicted molar refractivity (Wildman–Crippen MR) is 74.2 cm³/mol. The van der Waals surface area contributed by atoms with Gasteiger partial charge in [-0.2, -0.15) is 0 Å². The number of carbonyl (C=O) groups excluding carboxylic acids is 2. The third kappa shape index (κ3) is 2.69. The number of methoxy groups -OCH3 is 2. The number of carbonyl (C=O) groups is 2. The molecular formula is C16H14O4. The zero-order chi connectivity index (χ0) is 14.5. The lowest BCUT2D eigenvalue weighted by Gasteiger charge is -2.09. The molecule has 0 atom stereocenters. The molecule has 0 aliphatic carbocycles. The van der Waals surface area contributed by atoms with Crippen LogP contribution in [0.1, 0.15) is 26.3 Å². The lowest BCUT2D eigenvalue weighted by molar-refractivity contribution is 0.0597. The van der Waals surface area contributed by atoms with Gasteiger partial charge in [-0.25, -0.2) is 4.79 Å². The Labute approximate surface area is 116 Å². The summed E-state index contributed by atoms with van der Waals surface area (Å²) >= 11 is 0. The maximum atomic E-state index is 12.5. The summed E-state index contributed by atoms with van der Waals surface area (Å²) in [4.78, 5) is 24.2. The quantitative estimate of drug-likeness (QED) is 0.633. The van der Waals surface area contributed by atoms with Crippen LogP contribution in [0.5, 0.6) is 5.75 Å². The van der Waals surface area contributed by atoms with Gasteiger partial charge in [-0.05, 0) is 18.2 Å². The van der Waals surface area contributed by atoms with Crippen molar-refractivity contribution < 1.29 is 19.1 Å². The van der Waals surface area contributed by atoms with Crippen molar-refractivity contribution in [3.8, 4) is 5.75 Å². The SMILES string of the molecule is COC(=O)c1ccc(OC)cc1C(=O)c1ccccc1. The van der Waals surface area contributed by atoms with Gasteiger partial charge in [-0.3, -0.25) is 4.79 Å². The van der Waals surface area contributed by atoms with Gasteiger partial charge in [0.15, 0.2) is 5.78 Å². The Kier molecular flexibility index (Phi) is 4.15. The summed E-state index contributed by atoms with van der Waals surface area (Å²) in [7, 11) is 2.78. The summed E-state index contributed by atoms with van der Waals surface area (Å²) in [6.45, 7) is 0. The lowest BCUT2D eigenvalue weighted by atomic mass is 9.98. The van der Waals surface area contributed by atoms with E-state index in [4.69, 9.17) is 9.47 Å². The number of esters is 1. The highest BCUT2D eigenvalue weighted by atomic mass is 16.5. The van der Waals surface area contributed by atoms with Crippen LogP contribution in [-0.2, 0) is 4.74 Å². The molecule has 4 nitrogen and oxygen atoms in total. The van der Waals surface area contributed by atoms with Crippen LogP contribution >= 0.6 is 0 Å². The summed E-state index contributed by atoms with van der Waals surface area (Å²) in [5.41, 5.74) is 0.996. The second-order valence-corrected chi connectivity index (χ2v) is 4.10. The Hall–Kier alpha value is -2.62. The van der Waals surface area contributed by atoms with Crippen molar-refractivity contribution in [1.82, 2.24) is 0 Å². The molecule has 0 saturated carbocycles. The smallest absolute Gasteiger partial charge is 0.338 e. The van der Waals surface area contributed by atoms with Gasteiger partial charge in [0.2, 0.25) is 0 Å². The summed E-state index contributed by atoms with van der Waals surface area (Å²) in [6, 6.07) is 13.4. The maximum Gasteiger partial charge on any atom is 0.338 e. The normalized spacial score (nSPS) is 9.90. The molecule has 0 heterocycles. The van der Waals surface area contributed by atoms with E-state index in [1.165, 1.54) is 20.3 Å². The van der Waals surface area contributed by atoms with E-state index in [1.807, 2.05) is 6.07 Å². The molecule has 2 rings (SSSR count). The van der Waals surface area contributed by atoms with Crippen molar-refractivity contribution >= 4 is 11.8 Å². The van der Waals surface area contributed by atoms with Crippen LogP contribution in [-0.4, -0.2) is 26.0 Å². The number of benzene rings is 2. The Balaban J connectivity index is 2.53. The Morgan fingerprint density at radius 1 is 0.900 bits per heavy atom. The average molecular weight is 270 g/mol. The number of ketones is 1.